The minimum Gasteiger partial charge on any atom is -0.494 e. The van der Waals surface area contributed by atoms with Gasteiger partial charge in [-0.2, -0.15) is 0 Å². The molecule has 2 aromatic rings. The van der Waals surface area contributed by atoms with Gasteiger partial charge in [-0.3, -0.25) is 4.79 Å². The Kier molecular flexibility index (Phi) is 4.55. The molecule has 0 bridgehead atoms. The Morgan fingerprint density at radius 1 is 1.40 bits per heavy atom. The molecule has 0 spiro atoms. The molecule has 0 aliphatic rings. The molecule has 0 fully saturated rings. The average Bonchev–Trinajstić information content (AvgIpc) is 2.85. The zero-order valence-electron chi connectivity index (χ0n) is 11.4. The van der Waals surface area contributed by atoms with E-state index in [-0.39, 0.29) is 5.78 Å². The van der Waals surface area contributed by atoms with E-state index >= 15 is 0 Å². The van der Waals surface area contributed by atoms with Crippen molar-refractivity contribution in [2.24, 2.45) is 0 Å². The van der Waals surface area contributed by atoms with E-state index in [2.05, 4.69) is 10.5 Å². The lowest BCUT2D eigenvalue weighted by molar-refractivity contribution is 0.104. The van der Waals surface area contributed by atoms with Gasteiger partial charge in [0.25, 0.3) is 0 Å². The topological polar surface area (TPSA) is 64.4 Å². The SMILES string of the molecule is CCOc1ccc(C(=O)/C=C/Nc2cc(C)on2)cc1. The van der Waals surface area contributed by atoms with Crippen LogP contribution in [0, 0.1) is 6.92 Å². The normalized spacial score (nSPS) is 10.7. The van der Waals surface area contributed by atoms with Crippen LogP contribution < -0.4 is 10.1 Å². The monoisotopic (exact) mass is 272 g/mol. The highest BCUT2D eigenvalue weighted by Gasteiger charge is 2.02. The van der Waals surface area contributed by atoms with Gasteiger partial charge in [0.05, 0.1) is 6.61 Å². The van der Waals surface area contributed by atoms with E-state index in [4.69, 9.17) is 9.26 Å². The molecule has 0 amide bonds. The number of benzene rings is 1. The van der Waals surface area contributed by atoms with E-state index in [0.29, 0.717) is 23.7 Å². The minimum atomic E-state index is -0.0965. The number of carbonyl (C=O) groups excluding carboxylic acids is 1. The summed E-state index contributed by atoms with van der Waals surface area (Å²) in [4.78, 5) is 11.9. The van der Waals surface area contributed by atoms with Gasteiger partial charge in [-0.25, -0.2) is 0 Å². The van der Waals surface area contributed by atoms with Crippen molar-refractivity contribution in [2.45, 2.75) is 13.8 Å². The van der Waals surface area contributed by atoms with Crippen molar-refractivity contribution in [3.8, 4) is 5.75 Å². The van der Waals surface area contributed by atoms with Crippen molar-refractivity contribution in [3.05, 3.63) is 53.9 Å². The van der Waals surface area contributed by atoms with E-state index in [1.54, 1.807) is 37.3 Å². The van der Waals surface area contributed by atoms with E-state index in [1.165, 1.54) is 12.3 Å². The number of allylic oxidation sites excluding steroid dienone is 1. The number of rotatable bonds is 6. The second-order valence-corrected chi connectivity index (χ2v) is 4.12. The average molecular weight is 272 g/mol. The fourth-order valence-corrected chi connectivity index (χ4v) is 1.62. The molecule has 0 atom stereocenters. The predicted molar refractivity (Wildman–Crippen MR) is 75.9 cm³/mol. The highest BCUT2D eigenvalue weighted by Crippen LogP contribution is 2.13. The molecule has 5 heteroatoms. The Balaban J connectivity index is 1.93. The summed E-state index contributed by atoms with van der Waals surface area (Å²) in [6, 6.07) is 8.76. The van der Waals surface area contributed by atoms with Crippen molar-refractivity contribution in [1.29, 1.82) is 0 Å². The molecule has 0 aliphatic carbocycles. The number of ether oxygens (including phenoxy) is 1. The number of anilines is 1. The van der Waals surface area contributed by atoms with Crippen LogP contribution in [0.25, 0.3) is 0 Å². The Labute approximate surface area is 117 Å². The molecule has 0 aliphatic heterocycles. The number of nitrogens with one attached hydrogen (secondary N) is 1. The van der Waals surface area contributed by atoms with E-state index in [0.717, 1.165) is 5.75 Å². The van der Waals surface area contributed by atoms with Crippen molar-refractivity contribution >= 4 is 11.6 Å². The lowest BCUT2D eigenvalue weighted by Gasteiger charge is -2.02. The summed E-state index contributed by atoms with van der Waals surface area (Å²) in [5, 5.41) is 6.62. The number of hydrogen-bond donors (Lipinski definition) is 1. The number of nitrogens with zero attached hydrogens (tertiary/aromatic N) is 1. The van der Waals surface area contributed by atoms with Gasteiger partial charge >= 0.3 is 0 Å². The van der Waals surface area contributed by atoms with Crippen LogP contribution in [0.2, 0.25) is 0 Å². The van der Waals surface area contributed by atoms with Crippen LogP contribution in [0.15, 0.2) is 47.1 Å². The molecule has 5 nitrogen and oxygen atoms in total. The maximum Gasteiger partial charge on any atom is 0.187 e. The number of carbonyl (C=O) groups is 1. The highest BCUT2D eigenvalue weighted by molar-refractivity contribution is 6.04. The zero-order chi connectivity index (χ0) is 14.4. The third-order valence-corrected chi connectivity index (χ3v) is 2.54. The molecule has 0 saturated heterocycles. The van der Waals surface area contributed by atoms with Crippen LogP contribution in [-0.2, 0) is 0 Å². The first-order valence-electron chi connectivity index (χ1n) is 6.32. The van der Waals surface area contributed by atoms with Gasteiger partial charge in [0.15, 0.2) is 11.6 Å². The molecule has 1 aromatic carbocycles. The Morgan fingerprint density at radius 3 is 2.75 bits per heavy atom. The molecular weight excluding hydrogens is 256 g/mol. The van der Waals surface area contributed by atoms with Crippen molar-refractivity contribution in [1.82, 2.24) is 5.16 Å². The van der Waals surface area contributed by atoms with Gasteiger partial charge in [0.1, 0.15) is 11.5 Å². The lowest BCUT2D eigenvalue weighted by atomic mass is 10.1. The molecule has 1 aromatic heterocycles. The summed E-state index contributed by atoms with van der Waals surface area (Å²) in [5.74, 6) is 1.93. The molecule has 20 heavy (non-hydrogen) atoms. The first-order valence-corrected chi connectivity index (χ1v) is 6.32. The number of aryl methyl sites for hydroxylation is 1. The summed E-state index contributed by atoms with van der Waals surface area (Å²) in [7, 11) is 0. The molecular formula is C15H16N2O3. The first-order chi connectivity index (χ1) is 9.69. The molecule has 0 radical (unpaired) electrons. The van der Waals surface area contributed by atoms with E-state index < -0.39 is 0 Å². The summed E-state index contributed by atoms with van der Waals surface area (Å²) < 4.78 is 10.2. The Bertz CT molecular complexity index is 600. The van der Waals surface area contributed by atoms with Crippen molar-refractivity contribution < 1.29 is 14.1 Å². The summed E-state index contributed by atoms with van der Waals surface area (Å²) in [5.41, 5.74) is 0.600. The minimum absolute atomic E-state index is 0.0965. The second kappa shape index (κ2) is 6.56. The van der Waals surface area contributed by atoms with Crippen LogP contribution in [0.3, 0.4) is 0 Å². The first kappa shape index (κ1) is 13.9. The quantitative estimate of drug-likeness (QED) is 0.646. The smallest absolute Gasteiger partial charge is 0.187 e. The predicted octanol–water partition coefficient (Wildman–Crippen LogP) is 3.19. The summed E-state index contributed by atoms with van der Waals surface area (Å²) >= 11 is 0. The van der Waals surface area contributed by atoms with Gasteiger partial charge in [-0.05, 0) is 38.1 Å². The van der Waals surface area contributed by atoms with Crippen LogP contribution in [0.4, 0.5) is 5.82 Å². The molecule has 104 valence electrons. The molecule has 2 rings (SSSR count). The summed E-state index contributed by atoms with van der Waals surface area (Å²) in [6.45, 7) is 4.32. The van der Waals surface area contributed by atoms with Gasteiger partial charge in [0, 0.05) is 23.9 Å². The van der Waals surface area contributed by atoms with Gasteiger partial charge in [-0.15, -0.1) is 0 Å². The van der Waals surface area contributed by atoms with Crippen LogP contribution >= 0.6 is 0 Å². The largest absolute Gasteiger partial charge is 0.494 e. The fraction of sp³-hybridized carbons (Fsp3) is 0.200. The van der Waals surface area contributed by atoms with Gasteiger partial charge in [0.2, 0.25) is 0 Å². The maximum atomic E-state index is 11.9. The van der Waals surface area contributed by atoms with Crippen LogP contribution in [0.5, 0.6) is 5.75 Å². The van der Waals surface area contributed by atoms with Crippen molar-refractivity contribution in [3.63, 3.8) is 0 Å². The number of ketones is 1. The standard InChI is InChI=1S/C15H16N2O3/c1-3-19-13-6-4-12(5-7-13)14(18)8-9-16-15-10-11(2)20-17-15/h4-10H,3H2,1-2H3,(H,16,17)/b9-8+. The fourth-order valence-electron chi connectivity index (χ4n) is 1.62. The van der Waals surface area contributed by atoms with E-state index in [1.807, 2.05) is 6.92 Å². The lowest BCUT2D eigenvalue weighted by Crippen LogP contribution is -1.97. The Hall–Kier alpha value is -2.56. The Morgan fingerprint density at radius 2 is 2.15 bits per heavy atom. The number of hydrogen-bond acceptors (Lipinski definition) is 5. The van der Waals surface area contributed by atoms with Crippen LogP contribution in [-0.4, -0.2) is 17.5 Å². The van der Waals surface area contributed by atoms with Crippen LogP contribution in [0.1, 0.15) is 23.0 Å². The summed E-state index contributed by atoms with van der Waals surface area (Å²) in [6.07, 6.45) is 2.98. The molecule has 1 N–H and O–H groups in total. The molecule has 0 unspecified atom stereocenters. The van der Waals surface area contributed by atoms with Gasteiger partial charge in [-0.1, -0.05) is 5.16 Å². The van der Waals surface area contributed by atoms with Gasteiger partial charge < -0.3 is 14.6 Å². The molecule has 0 saturated carbocycles. The zero-order valence-corrected chi connectivity index (χ0v) is 11.4. The third-order valence-electron chi connectivity index (χ3n) is 2.54. The third kappa shape index (κ3) is 3.71. The highest BCUT2D eigenvalue weighted by atomic mass is 16.5. The molecule has 1 heterocycles. The number of aromatic nitrogens is 1. The van der Waals surface area contributed by atoms with E-state index in [9.17, 15) is 4.79 Å². The second-order valence-electron chi connectivity index (χ2n) is 4.12. The maximum absolute atomic E-state index is 11.9. The van der Waals surface area contributed by atoms with Crippen molar-refractivity contribution in [2.75, 3.05) is 11.9 Å².